The van der Waals surface area contributed by atoms with Crippen molar-refractivity contribution in [2.24, 2.45) is 0 Å². The van der Waals surface area contributed by atoms with Crippen molar-refractivity contribution in [3.05, 3.63) is 52.8 Å². The molecule has 0 saturated heterocycles. The van der Waals surface area contributed by atoms with Gasteiger partial charge in [0.15, 0.2) is 0 Å². The molecule has 0 bridgehead atoms. The van der Waals surface area contributed by atoms with Crippen molar-refractivity contribution in [2.45, 2.75) is 46.6 Å². The number of rotatable bonds is 5. The molecule has 3 heterocycles. The lowest BCUT2D eigenvalue weighted by atomic mass is 10.2. The zero-order chi connectivity index (χ0) is 23.9. The van der Waals surface area contributed by atoms with Crippen LogP contribution in [0, 0.1) is 6.92 Å². The summed E-state index contributed by atoms with van der Waals surface area (Å²) in [4.78, 5) is 23.2. The maximum absolute atomic E-state index is 12.8. The van der Waals surface area contributed by atoms with Crippen molar-refractivity contribution < 1.29 is 27.8 Å². The minimum atomic E-state index is -4.44. The van der Waals surface area contributed by atoms with Crippen molar-refractivity contribution in [2.75, 3.05) is 5.32 Å². The Labute approximate surface area is 187 Å². The van der Waals surface area contributed by atoms with E-state index >= 15 is 0 Å². The van der Waals surface area contributed by atoms with E-state index in [-0.39, 0.29) is 24.5 Å². The largest absolute Gasteiger partial charge is 0.463 e. The Kier molecular flexibility index (Phi) is 8.67. The number of nitrogens with zero attached hydrogens (tertiary/aromatic N) is 3. The summed E-state index contributed by atoms with van der Waals surface area (Å²) in [6.45, 7) is 6.74. The van der Waals surface area contributed by atoms with Gasteiger partial charge >= 0.3 is 12.1 Å². The number of halogens is 3. The number of anilines is 2. The number of alkyl halides is 3. The van der Waals surface area contributed by atoms with Gasteiger partial charge in [0.2, 0.25) is 0 Å². The van der Waals surface area contributed by atoms with Gasteiger partial charge in [0.1, 0.15) is 16.6 Å². The molecule has 3 aromatic heterocycles. The van der Waals surface area contributed by atoms with Gasteiger partial charge in [-0.25, -0.2) is 15.0 Å². The molecule has 0 unspecified atom stereocenters. The van der Waals surface area contributed by atoms with Crippen molar-refractivity contribution in [3.8, 4) is 10.6 Å². The van der Waals surface area contributed by atoms with E-state index in [1.807, 2.05) is 26.8 Å². The number of pyridine rings is 2. The monoisotopic (exact) mass is 468 g/mol. The average molecular weight is 469 g/mol. The fraction of sp³-hybridized carbons (Fsp3) is 0.333. The number of aromatic nitrogens is 3. The van der Waals surface area contributed by atoms with Crippen molar-refractivity contribution >= 4 is 28.9 Å². The van der Waals surface area contributed by atoms with E-state index < -0.39 is 11.7 Å². The molecular formula is C21H23F3N4O3S. The Hall–Kier alpha value is -3.05. The fourth-order valence-electron chi connectivity index (χ4n) is 2.50. The summed E-state index contributed by atoms with van der Waals surface area (Å²) in [7, 11) is 0. The second-order valence-electron chi connectivity index (χ2n) is 6.90. The second kappa shape index (κ2) is 11.0. The van der Waals surface area contributed by atoms with Gasteiger partial charge in [0.25, 0.3) is 0 Å². The number of carbonyl (C=O) groups excluding carboxylic acids is 1. The molecule has 32 heavy (non-hydrogen) atoms. The van der Waals surface area contributed by atoms with Crippen LogP contribution in [-0.4, -0.2) is 32.1 Å². The van der Waals surface area contributed by atoms with Crippen LogP contribution in [0.4, 0.5) is 24.8 Å². The lowest BCUT2D eigenvalue weighted by Gasteiger charge is -2.10. The number of aliphatic hydroxyl groups is 1. The molecule has 0 spiro atoms. The summed E-state index contributed by atoms with van der Waals surface area (Å²) in [5.74, 6) is 0.218. The molecule has 3 rings (SSSR count). The van der Waals surface area contributed by atoms with Crippen LogP contribution < -0.4 is 5.32 Å². The molecule has 0 aromatic carbocycles. The van der Waals surface area contributed by atoms with Gasteiger partial charge in [-0.05, 0) is 50.6 Å². The smallest absolute Gasteiger partial charge is 0.416 e. The highest BCUT2D eigenvalue weighted by Gasteiger charge is 2.30. The molecule has 7 nitrogen and oxygen atoms in total. The standard InChI is InChI=1S/C16H13F3N4OS.C5H10O2/c1-9-4-11(12-7-21-15(8-24)25-12)22-14(5-9)23-13-6-10(2-3-20-13)16(17,18)19;1-4(2)7-5(3)6/h2-7,24H,8H2,1H3,(H,20,22,23);4H,1-3H3. The highest BCUT2D eigenvalue weighted by molar-refractivity contribution is 7.15. The van der Waals surface area contributed by atoms with Crippen molar-refractivity contribution in [1.29, 1.82) is 0 Å². The molecule has 11 heteroatoms. The fourth-order valence-corrected chi connectivity index (χ4v) is 3.24. The van der Waals surface area contributed by atoms with Gasteiger partial charge in [-0.1, -0.05) is 0 Å². The Bertz CT molecular complexity index is 1050. The predicted octanol–water partition coefficient (Wildman–Crippen LogP) is 5.12. The maximum atomic E-state index is 12.8. The number of hydrogen-bond acceptors (Lipinski definition) is 8. The molecule has 0 fully saturated rings. The Morgan fingerprint density at radius 3 is 2.47 bits per heavy atom. The van der Waals surface area contributed by atoms with E-state index in [0.717, 1.165) is 28.8 Å². The quantitative estimate of drug-likeness (QED) is 0.502. The molecule has 3 aromatic rings. The molecule has 0 atom stereocenters. The van der Waals surface area contributed by atoms with Crippen LogP contribution in [0.25, 0.3) is 10.6 Å². The number of carbonyl (C=O) groups is 1. The summed E-state index contributed by atoms with van der Waals surface area (Å²) < 4.78 is 43.0. The summed E-state index contributed by atoms with van der Waals surface area (Å²) >= 11 is 1.30. The highest BCUT2D eigenvalue weighted by Crippen LogP contribution is 2.31. The molecule has 0 aliphatic heterocycles. The molecule has 0 radical (unpaired) electrons. The lowest BCUT2D eigenvalue weighted by Crippen LogP contribution is -2.06. The summed E-state index contributed by atoms with van der Waals surface area (Å²) in [5.41, 5.74) is 0.707. The first-order valence-corrected chi connectivity index (χ1v) is 10.3. The van der Waals surface area contributed by atoms with E-state index in [1.54, 1.807) is 12.3 Å². The van der Waals surface area contributed by atoms with Crippen LogP contribution in [-0.2, 0) is 22.3 Å². The molecule has 172 valence electrons. The maximum Gasteiger partial charge on any atom is 0.416 e. The molecule has 2 N–H and O–H groups in total. The van der Waals surface area contributed by atoms with Gasteiger partial charge in [-0.2, -0.15) is 13.2 Å². The van der Waals surface area contributed by atoms with E-state index in [0.29, 0.717) is 16.5 Å². The SMILES string of the molecule is CC(=O)OC(C)C.Cc1cc(Nc2cc(C(F)(F)F)ccn2)nc(-c2cnc(CO)s2)c1. The minimum Gasteiger partial charge on any atom is -0.463 e. The Morgan fingerprint density at radius 1 is 1.22 bits per heavy atom. The van der Waals surface area contributed by atoms with E-state index in [9.17, 15) is 18.0 Å². The first-order valence-electron chi connectivity index (χ1n) is 9.50. The number of ether oxygens (including phenoxy) is 1. The third-order valence-corrected chi connectivity index (χ3v) is 4.66. The summed E-state index contributed by atoms with van der Waals surface area (Å²) in [6.07, 6.45) is -1.71. The lowest BCUT2D eigenvalue weighted by molar-refractivity contribution is -0.144. The minimum absolute atomic E-state index is 0.0255. The van der Waals surface area contributed by atoms with Crippen LogP contribution in [0.2, 0.25) is 0 Å². The second-order valence-corrected chi connectivity index (χ2v) is 8.02. The topological polar surface area (TPSA) is 97.2 Å². The summed E-state index contributed by atoms with van der Waals surface area (Å²) in [6, 6.07) is 5.38. The van der Waals surface area contributed by atoms with Gasteiger partial charge in [0, 0.05) is 19.3 Å². The molecular weight excluding hydrogens is 445 g/mol. The normalized spacial score (nSPS) is 11.0. The highest BCUT2D eigenvalue weighted by atomic mass is 32.1. The predicted molar refractivity (Wildman–Crippen MR) is 115 cm³/mol. The summed E-state index contributed by atoms with van der Waals surface area (Å²) in [5, 5.41) is 12.5. The zero-order valence-corrected chi connectivity index (χ0v) is 18.7. The number of aliphatic hydroxyl groups excluding tert-OH is 1. The third-order valence-electron chi connectivity index (χ3n) is 3.66. The van der Waals surface area contributed by atoms with Gasteiger partial charge in [-0.15, -0.1) is 11.3 Å². The van der Waals surface area contributed by atoms with E-state index in [4.69, 9.17) is 5.11 Å². The molecule has 0 aliphatic rings. The van der Waals surface area contributed by atoms with Crippen LogP contribution in [0.15, 0.2) is 36.7 Å². The zero-order valence-electron chi connectivity index (χ0n) is 17.9. The van der Waals surface area contributed by atoms with Crippen molar-refractivity contribution in [3.63, 3.8) is 0 Å². The average Bonchev–Trinajstić information content (AvgIpc) is 3.16. The van der Waals surface area contributed by atoms with Gasteiger partial charge in [-0.3, -0.25) is 4.79 Å². The van der Waals surface area contributed by atoms with E-state index in [1.165, 1.54) is 18.3 Å². The van der Waals surface area contributed by atoms with Gasteiger partial charge < -0.3 is 15.2 Å². The van der Waals surface area contributed by atoms with Crippen LogP contribution in [0.5, 0.6) is 0 Å². The first-order chi connectivity index (χ1) is 15.0. The van der Waals surface area contributed by atoms with Crippen molar-refractivity contribution in [1.82, 2.24) is 15.0 Å². The Balaban J connectivity index is 0.000000451. The number of aryl methyl sites for hydroxylation is 1. The molecule has 0 saturated carbocycles. The van der Waals surface area contributed by atoms with E-state index in [2.05, 4.69) is 25.0 Å². The molecule has 0 amide bonds. The van der Waals surface area contributed by atoms with Crippen LogP contribution in [0.3, 0.4) is 0 Å². The van der Waals surface area contributed by atoms with Gasteiger partial charge in [0.05, 0.1) is 28.8 Å². The Morgan fingerprint density at radius 2 is 1.94 bits per heavy atom. The number of nitrogens with one attached hydrogen (secondary N) is 1. The number of thiazole rings is 1. The first kappa shape index (κ1) is 25.2. The number of hydrogen-bond donors (Lipinski definition) is 2. The molecule has 0 aliphatic carbocycles. The van der Waals surface area contributed by atoms with Crippen LogP contribution >= 0.6 is 11.3 Å². The number of esters is 1. The van der Waals surface area contributed by atoms with Crippen LogP contribution in [0.1, 0.15) is 36.9 Å². The third kappa shape index (κ3) is 7.89.